The Hall–Kier alpha value is -2.58. The molecular formula is C16H17F3N2O4. The molecule has 1 aliphatic rings. The third-order valence-electron chi connectivity index (χ3n) is 4.08. The van der Waals surface area contributed by atoms with Crippen LogP contribution in [0, 0.1) is 5.41 Å². The maximum atomic E-state index is 12.9. The predicted octanol–water partition coefficient (Wildman–Crippen LogP) is 2.36. The number of nitrogens with one attached hydrogen (secondary N) is 1. The van der Waals surface area contributed by atoms with Crippen LogP contribution in [0.5, 0.6) is 0 Å². The number of carbonyl (C=O) groups excluding carboxylic acids is 2. The highest BCUT2D eigenvalue weighted by atomic mass is 19.4. The summed E-state index contributed by atoms with van der Waals surface area (Å²) >= 11 is 0. The molecule has 1 aromatic carbocycles. The number of alkyl halides is 3. The molecule has 1 fully saturated rings. The van der Waals surface area contributed by atoms with Crippen molar-refractivity contribution < 1.29 is 32.7 Å². The molecule has 0 saturated heterocycles. The number of benzene rings is 1. The van der Waals surface area contributed by atoms with E-state index in [4.69, 9.17) is 5.11 Å². The van der Waals surface area contributed by atoms with E-state index in [1.165, 1.54) is 12.1 Å². The molecule has 0 aliphatic heterocycles. The molecule has 1 aromatic rings. The van der Waals surface area contributed by atoms with Gasteiger partial charge in [0.1, 0.15) is 5.41 Å². The molecule has 0 bridgehead atoms. The summed E-state index contributed by atoms with van der Waals surface area (Å²) in [6.07, 6.45) is -4.25. The Labute approximate surface area is 141 Å². The average Bonchev–Trinajstić information content (AvgIpc) is 3.33. The second kappa shape index (κ2) is 6.73. The lowest BCUT2D eigenvalue weighted by Gasteiger charge is -2.24. The number of halogens is 3. The number of nitrogens with zero attached hydrogens (tertiary/aromatic N) is 1. The Kier molecular flexibility index (Phi) is 5.05. The lowest BCUT2D eigenvalue weighted by Crippen LogP contribution is -2.44. The van der Waals surface area contributed by atoms with Crippen molar-refractivity contribution in [3.05, 3.63) is 29.8 Å². The van der Waals surface area contributed by atoms with Gasteiger partial charge in [-0.05, 0) is 31.9 Å². The molecule has 2 rings (SSSR count). The van der Waals surface area contributed by atoms with Crippen molar-refractivity contribution >= 4 is 23.5 Å². The van der Waals surface area contributed by atoms with Gasteiger partial charge in [-0.2, -0.15) is 13.2 Å². The number of amides is 2. The zero-order valence-electron chi connectivity index (χ0n) is 13.4. The molecule has 0 unspecified atom stereocenters. The lowest BCUT2D eigenvalue weighted by atomic mass is 10.1. The molecule has 136 valence electrons. The predicted molar refractivity (Wildman–Crippen MR) is 81.6 cm³/mol. The number of carbonyl (C=O) groups is 3. The van der Waals surface area contributed by atoms with E-state index in [1.807, 2.05) is 0 Å². The third kappa shape index (κ3) is 3.92. The minimum atomic E-state index is -4.63. The summed E-state index contributed by atoms with van der Waals surface area (Å²) in [7, 11) is 0. The van der Waals surface area contributed by atoms with Crippen molar-refractivity contribution in [2.45, 2.75) is 25.9 Å². The van der Waals surface area contributed by atoms with Gasteiger partial charge >= 0.3 is 12.1 Å². The van der Waals surface area contributed by atoms with Crippen molar-refractivity contribution in [3.8, 4) is 0 Å². The topological polar surface area (TPSA) is 86.7 Å². The van der Waals surface area contributed by atoms with E-state index in [1.54, 1.807) is 6.92 Å². The molecule has 1 aliphatic carbocycles. The fraction of sp³-hybridized carbons (Fsp3) is 0.438. The first-order valence-electron chi connectivity index (χ1n) is 7.60. The number of rotatable bonds is 6. The van der Waals surface area contributed by atoms with Crippen LogP contribution in [0.15, 0.2) is 24.3 Å². The molecule has 0 radical (unpaired) electrons. The first-order valence-corrected chi connectivity index (χ1v) is 7.60. The summed E-state index contributed by atoms with van der Waals surface area (Å²) in [5.41, 5.74) is -2.91. The maximum Gasteiger partial charge on any atom is 0.418 e. The quantitative estimate of drug-likeness (QED) is 0.765. The summed E-state index contributed by atoms with van der Waals surface area (Å²) in [6, 6.07) is 4.49. The molecule has 9 heteroatoms. The maximum absolute atomic E-state index is 12.9. The Bertz CT molecular complexity index is 699. The SMILES string of the molecule is CCN(CC(=O)Nc1ccccc1C(F)(F)F)C(=O)C1(C(=O)O)CC1. The molecule has 2 N–H and O–H groups in total. The van der Waals surface area contributed by atoms with Crippen molar-refractivity contribution in [1.29, 1.82) is 0 Å². The van der Waals surface area contributed by atoms with Gasteiger partial charge in [0.15, 0.2) is 0 Å². The zero-order chi connectivity index (χ0) is 18.8. The first-order chi connectivity index (χ1) is 11.6. The molecule has 0 heterocycles. The van der Waals surface area contributed by atoms with Gasteiger partial charge in [-0.25, -0.2) is 0 Å². The number of hydrogen-bond acceptors (Lipinski definition) is 3. The van der Waals surface area contributed by atoms with Gasteiger partial charge in [-0.1, -0.05) is 12.1 Å². The summed E-state index contributed by atoms with van der Waals surface area (Å²) < 4.78 is 38.8. The van der Waals surface area contributed by atoms with Crippen LogP contribution < -0.4 is 5.32 Å². The van der Waals surface area contributed by atoms with Crippen LogP contribution in [0.3, 0.4) is 0 Å². The highest BCUT2D eigenvalue weighted by molar-refractivity contribution is 6.06. The van der Waals surface area contributed by atoms with Crippen LogP contribution in [-0.2, 0) is 20.6 Å². The molecule has 2 amide bonds. The summed E-state index contributed by atoms with van der Waals surface area (Å²) in [5, 5.41) is 11.3. The molecule has 0 atom stereocenters. The fourth-order valence-corrected chi connectivity index (χ4v) is 2.48. The van der Waals surface area contributed by atoms with Crippen LogP contribution in [0.4, 0.5) is 18.9 Å². The number of likely N-dealkylation sites (N-methyl/N-ethyl adjacent to an activating group) is 1. The fourth-order valence-electron chi connectivity index (χ4n) is 2.48. The minimum Gasteiger partial charge on any atom is -0.480 e. The van der Waals surface area contributed by atoms with E-state index in [9.17, 15) is 27.6 Å². The van der Waals surface area contributed by atoms with Crippen LogP contribution in [0.25, 0.3) is 0 Å². The van der Waals surface area contributed by atoms with Crippen LogP contribution in [0.1, 0.15) is 25.3 Å². The molecule has 25 heavy (non-hydrogen) atoms. The summed E-state index contributed by atoms with van der Waals surface area (Å²) in [5.74, 6) is -2.77. The van der Waals surface area contributed by atoms with Crippen molar-refractivity contribution in [1.82, 2.24) is 4.90 Å². The van der Waals surface area contributed by atoms with Gasteiger partial charge < -0.3 is 15.3 Å². The smallest absolute Gasteiger partial charge is 0.418 e. The number of anilines is 1. The van der Waals surface area contributed by atoms with Gasteiger partial charge in [0.05, 0.1) is 17.8 Å². The Balaban J connectivity index is 2.10. The Morgan fingerprint density at radius 2 is 1.84 bits per heavy atom. The number of carboxylic acid groups (broad SMARTS) is 1. The highest BCUT2D eigenvalue weighted by Crippen LogP contribution is 2.47. The monoisotopic (exact) mass is 358 g/mol. The molecular weight excluding hydrogens is 341 g/mol. The van der Waals surface area contributed by atoms with Gasteiger partial charge in [0, 0.05) is 6.54 Å². The highest BCUT2D eigenvalue weighted by Gasteiger charge is 2.58. The van der Waals surface area contributed by atoms with E-state index < -0.39 is 47.2 Å². The van der Waals surface area contributed by atoms with Crippen molar-refractivity contribution in [3.63, 3.8) is 0 Å². The number of aliphatic carboxylic acids is 1. The standard InChI is InChI=1S/C16H17F3N2O4/c1-2-21(13(23)15(7-8-15)14(24)25)9-12(22)20-11-6-4-3-5-10(11)16(17,18)19/h3-6H,2,7-9H2,1H3,(H,20,22)(H,24,25). The molecule has 0 spiro atoms. The molecule has 6 nitrogen and oxygen atoms in total. The first kappa shape index (κ1) is 18.8. The van der Waals surface area contributed by atoms with Crippen molar-refractivity contribution in [2.75, 3.05) is 18.4 Å². The van der Waals surface area contributed by atoms with E-state index in [0.717, 1.165) is 17.0 Å². The Morgan fingerprint density at radius 1 is 1.24 bits per heavy atom. The second-order valence-corrected chi connectivity index (χ2v) is 5.80. The summed E-state index contributed by atoms with van der Waals surface area (Å²) in [6.45, 7) is 1.12. The Morgan fingerprint density at radius 3 is 2.32 bits per heavy atom. The average molecular weight is 358 g/mol. The lowest BCUT2D eigenvalue weighted by molar-refractivity contribution is -0.154. The van der Waals surface area contributed by atoms with E-state index in [0.29, 0.717) is 0 Å². The van der Waals surface area contributed by atoms with Crippen molar-refractivity contribution in [2.24, 2.45) is 5.41 Å². The molecule has 1 saturated carbocycles. The molecule has 0 aromatic heterocycles. The minimum absolute atomic E-state index is 0.0716. The number of hydrogen-bond donors (Lipinski definition) is 2. The van der Waals surface area contributed by atoms with E-state index in [2.05, 4.69) is 5.32 Å². The van der Waals surface area contributed by atoms with Crippen LogP contribution in [0.2, 0.25) is 0 Å². The van der Waals surface area contributed by atoms with Gasteiger partial charge in [-0.3, -0.25) is 14.4 Å². The van der Waals surface area contributed by atoms with Gasteiger partial charge in [0.25, 0.3) is 0 Å². The zero-order valence-corrected chi connectivity index (χ0v) is 13.4. The summed E-state index contributed by atoms with van der Waals surface area (Å²) in [4.78, 5) is 36.6. The normalized spacial score (nSPS) is 15.4. The van der Waals surface area contributed by atoms with Crippen LogP contribution in [-0.4, -0.2) is 40.9 Å². The van der Waals surface area contributed by atoms with E-state index in [-0.39, 0.29) is 19.4 Å². The van der Waals surface area contributed by atoms with Gasteiger partial charge in [-0.15, -0.1) is 0 Å². The number of para-hydroxylation sites is 1. The van der Waals surface area contributed by atoms with Gasteiger partial charge in [0.2, 0.25) is 11.8 Å². The largest absolute Gasteiger partial charge is 0.480 e. The third-order valence-corrected chi connectivity index (χ3v) is 4.08. The van der Waals surface area contributed by atoms with E-state index >= 15 is 0 Å². The second-order valence-electron chi connectivity index (χ2n) is 5.80. The number of carboxylic acids is 1. The van der Waals surface area contributed by atoms with Crippen LogP contribution >= 0.6 is 0 Å².